The molecule has 0 aromatic carbocycles. The summed E-state index contributed by atoms with van der Waals surface area (Å²) in [5.74, 6) is 0.747. The lowest BCUT2D eigenvalue weighted by Gasteiger charge is -2.02. The standard InChI is InChI=1S/C14H18N4O2S2/c1-3-9-4-5-11(22-9)10(19)8-21-14-17-16-13(18(14)2)7-6-12(15)20/h4-5H,3,6-8H2,1-2H3,(H2,15,20). The molecule has 0 atom stereocenters. The topological polar surface area (TPSA) is 90.9 Å². The predicted molar refractivity (Wildman–Crippen MR) is 87.3 cm³/mol. The summed E-state index contributed by atoms with van der Waals surface area (Å²) < 4.78 is 1.80. The van der Waals surface area contributed by atoms with E-state index in [1.54, 1.807) is 4.57 Å². The maximum absolute atomic E-state index is 12.2. The zero-order valence-electron chi connectivity index (χ0n) is 12.5. The summed E-state index contributed by atoms with van der Waals surface area (Å²) in [6.07, 6.45) is 1.64. The number of thioether (sulfide) groups is 1. The van der Waals surface area contributed by atoms with Gasteiger partial charge < -0.3 is 10.3 Å². The maximum atomic E-state index is 12.2. The van der Waals surface area contributed by atoms with Crippen molar-refractivity contribution in [1.29, 1.82) is 0 Å². The molecule has 2 heterocycles. The van der Waals surface area contributed by atoms with Crippen LogP contribution in [0.1, 0.15) is 33.7 Å². The Morgan fingerprint density at radius 3 is 2.77 bits per heavy atom. The molecule has 22 heavy (non-hydrogen) atoms. The second-order valence-electron chi connectivity index (χ2n) is 4.76. The van der Waals surface area contributed by atoms with Crippen LogP contribution in [0.2, 0.25) is 0 Å². The molecule has 2 N–H and O–H groups in total. The number of carbonyl (C=O) groups is 2. The lowest BCUT2D eigenvalue weighted by Crippen LogP contribution is -2.13. The molecule has 1 amide bonds. The fraction of sp³-hybridized carbons (Fsp3) is 0.429. The third-order valence-corrected chi connectivity index (χ3v) is 5.43. The van der Waals surface area contributed by atoms with Gasteiger partial charge in [-0.2, -0.15) is 0 Å². The summed E-state index contributed by atoms with van der Waals surface area (Å²) in [5, 5.41) is 8.75. The lowest BCUT2D eigenvalue weighted by molar-refractivity contribution is -0.118. The SMILES string of the molecule is CCc1ccc(C(=O)CSc2nnc(CCC(N)=O)n2C)s1. The Hall–Kier alpha value is -1.67. The van der Waals surface area contributed by atoms with Gasteiger partial charge in [-0.25, -0.2) is 0 Å². The Bertz CT molecular complexity index is 678. The normalized spacial score (nSPS) is 10.8. The van der Waals surface area contributed by atoms with E-state index >= 15 is 0 Å². The number of ketones is 1. The van der Waals surface area contributed by atoms with Crippen molar-refractivity contribution < 1.29 is 9.59 Å². The fourth-order valence-electron chi connectivity index (χ4n) is 1.84. The number of aromatic nitrogens is 3. The Balaban J connectivity index is 1.93. The van der Waals surface area contributed by atoms with Gasteiger partial charge in [0.1, 0.15) is 5.82 Å². The number of hydrogen-bond acceptors (Lipinski definition) is 6. The van der Waals surface area contributed by atoms with Gasteiger partial charge in [0, 0.05) is 24.8 Å². The van der Waals surface area contributed by atoms with Crippen molar-refractivity contribution >= 4 is 34.8 Å². The lowest BCUT2D eigenvalue weighted by atomic mass is 10.3. The molecular formula is C14H18N4O2S2. The van der Waals surface area contributed by atoms with E-state index in [1.807, 2.05) is 19.2 Å². The summed E-state index contributed by atoms with van der Waals surface area (Å²) in [7, 11) is 1.82. The van der Waals surface area contributed by atoms with Crippen molar-refractivity contribution in [3.8, 4) is 0 Å². The highest BCUT2D eigenvalue weighted by atomic mass is 32.2. The number of aryl methyl sites for hydroxylation is 2. The molecule has 8 heteroatoms. The molecule has 6 nitrogen and oxygen atoms in total. The molecule has 0 radical (unpaired) electrons. The van der Waals surface area contributed by atoms with Crippen LogP contribution in [0.5, 0.6) is 0 Å². The highest BCUT2D eigenvalue weighted by molar-refractivity contribution is 7.99. The van der Waals surface area contributed by atoms with Gasteiger partial charge in [0.2, 0.25) is 5.91 Å². The maximum Gasteiger partial charge on any atom is 0.217 e. The molecule has 0 aliphatic carbocycles. The van der Waals surface area contributed by atoms with Gasteiger partial charge in [-0.3, -0.25) is 9.59 Å². The van der Waals surface area contributed by atoms with E-state index in [-0.39, 0.29) is 18.1 Å². The Labute approximate surface area is 137 Å². The molecule has 118 valence electrons. The zero-order valence-corrected chi connectivity index (χ0v) is 14.2. The molecule has 0 aliphatic heterocycles. The summed E-state index contributed by atoms with van der Waals surface area (Å²) in [4.78, 5) is 24.9. The van der Waals surface area contributed by atoms with Crippen molar-refractivity contribution in [1.82, 2.24) is 14.8 Å². The molecule has 0 saturated heterocycles. The third-order valence-electron chi connectivity index (χ3n) is 3.14. The van der Waals surface area contributed by atoms with E-state index in [0.717, 1.165) is 11.3 Å². The van der Waals surface area contributed by atoms with Crippen LogP contribution in [0.15, 0.2) is 17.3 Å². The molecule has 0 fully saturated rings. The van der Waals surface area contributed by atoms with Crippen molar-refractivity contribution in [3.05, 3.63) is 27.7 Å². The van der Waals surface area contributed by atoms with E-state index in [1.165, 1.54) is 28.0 Å². The number of nitrogens with two attached hydrogens (primary N) is 1. The summed E-state index contributed by atoms with van der Waals surface area (Å²) >= 11 is 2.89. The summed E-state index contributed by atoms with van der Waals surface area (Å²) in [6.45, 7) is 2.07. The first-order valence-electron chi connectivity index (χ1n) is 6.92. The number of carbonyl (C=O) groups excluding carboxylic acids is 2. The molecule has 0 spiro atoms. The number of rotatable bonds is 8. The van der Waals surface area contributed by atoms with Crippen LogP contribution in [-0.2, 0) is 24.7 Å². The van der Waals surface area contributed by atoms with E-state index in [0.29, 0.717) is 23.2 Å². The summed E-state index contributed by atoms with van der Waals surface area (Å²) in [5.41, 5.74) is 5.13. The quantitative estimate of drug-likeness (QED) is 0.586. The van der Waals surface area contributed by atoms with Gasteiger partial charge in [-0.1, -0.05) is 18.7 Å². The first-order chi connectivity index (χ1) is 10.5. The monoisotopic (exact) mass is 338 g/mol. The molecule has 2 rings (SSSR count). The molecular weight excluding hydrogens is 320 g/mol. The number of nitrogens with zero attached hydrogens (tertiary/aromatic N) is 3. The fourth-order valence-corrected chi connectivity index (χ4v) is 3.63. The smallest absolute Gasteiger partial charge is 0.217 e. The third kappa shape index (κ3) is 4.17. The molecule has 0 aliphatic rings. The number of hydrogen-bond donors (Lipinski definition) is 1. The minimum Gasteiger partial charge on any atom is -0.370 e. The van der Waals surface area contributed by atoms with Crippen molar-refractivity contribution in [2.45, 2.75) is 31.3 Å². The zero-order chi connectivity index (χ0) is 16.1. The Morgan fingerprint density at radius 1 is 1.36 bits per heavy atom. The van der Waals surface area contributed by atoms with Gasteiger partial charge in [-0.15, -0.1) is 21.5 Å². The molecule has 0 bridgehead atoms. The van der Waals surface area contributed by atoms with Crippen molar-refractivity contribution in [2.24, 2.45) is 12.8 Å². The van der Waals surface area contributed by atoms with Crippen LogP contribution in [0, 0.1) is 0 Å². The molecule has 2 aromatic rings. The second kappa shape index (κ2) is 7.55. The van der Waals surface area contributed by atoms with Gasteiger partial charge in [0.05, 0.1) is 10.6 Å². The minimum atomic E-state index is -0.364. The van der Waals surface area contributed by atoms with Gasteiger partial charge in [-0.05, 0) is 18.6 Å². The van der Waals surface area contributed by atoms with Gasteiger partial charge in [0.15, 0.2) is 10.9 Å². The average Bonchev–Trinajstić information content (AvgIpc) is 3.10. The minimum absolute atomic E-state index is 0.0939. The number of Topliss-reactive ketones (excluding diaryl/α,β-unsaturated/α-hetero) is 1. The first kappa shape index (κ1) is 16.7. The average molecular weight is 338 g/mol. The van der Waals surface area contributed by atoms with Crippen LogP contribution < -0.4 is 5.73 Å². The Morgan fingerprint density at radius 2 is 2.14 bits per heavy atom. The molecule has 0 saturated carbocycles. The summed E-state index contributed by atoms with van der Waals surface area (Å²) in [6, 6.07) is 3.87. The highest BCUT2D eigenvalue weighted by Gasteiger charge is 2.14. The number of amides is 1. The first-order valence-corrected chi connectivity index (χ1v) is 8.72. The number of thiophene rings is 1. The molecule has 2 aromatic heterocycles. The second-order valence-corrected chi connectivity index (χ2v) is 6.87. The largest absolute Gasteiger partial charge is 0.370 e. The predicted octanol–water partition coefficient (Wildman–Crippen LogP) is 1.83. The van der Waals surface area contributed by atoms with Gasteiger partial charge in [0.25, 0.3) is 0 Å². The van der Waals surface area contributed by atoms with Gasteiger partial charge >= 0.3 is 0 Å². The number of primary amides is 1. The van der Waals surface area contributed by atoms with Crippen LogP contribution in [-0.4, -0.2) is 32.2 Å². The highest BCUT2D eigenvalue weighted by Crippen LogP contribution is 2.22. The van der Waals surface area contributed by atoms with Crippen LogP contribution in [0.25, 0.3) is 0 Å². The molecule has 0 unspecified atom stereocenters. The Kier molecular flexibility index (Phi) is 5.73. The van der Waals surface area contributed by atoms with Crippen molar-refractivity contribution in [2.75, 3.05) is 5.75 Å². The van der Waals surface area contributed by atoms with Crippen LogP contribution >= 0.6 is 23.1 Å². The van der Waals surface area contributed by atoms with E-state index in [2.05, 4.69) is 17.1 Å². The van der Waals surface area contributed by atoms with E-state index < -0.39 is 0 Å². The van der Waals surface area contributed by atoms with Crippen molar-refractivity contribution in [3.63, 3.8) is 0 Å². The van der Waals surface area contributed by atoms with E-state index in [4.69, 9.17) is 5.73 Å². The van der Waals surface area contributed by atoms with Crippen LogP contribution in [0.4, 0.5) is 0 Å². The van der Waals surface area contributed by atoms with E-state index in [9.17, 15) is 9.59 Å². The van der Waals surface area contributed by atoms with Crippen LogP contribution in [0.3, 0.4) is 0 Å².